The summed E-state index contributed by atoms with van der Waals surface area (Å²) in [4.78, 5) is 20.3. The van der Waals surface area contributed by atoms with E-state index >= 15 is 0 Å². The highest BCUT2D eigenvalue weighted by Gasteiger charge is 2.08. The number of aromatic nitrogens is 2. The van der Waals surface area contributed by atoms with Crippen LogP contribution in [0.4, 0.5) is 5.95 Å². The Morgan fingerprint density at radius 2 is 1.88 bits per heavy atom. The molecule has 24 heavy (non-hydrogen) atoms. The van der Waals surface area contributed by atoms with Crippen LogP contribution in [-0.2, 0) is 0 Å². The van der Waals surface area contributed by atoms with Gasteiger partial charge in [0.25, 0.3) is 5.91 Å². The molecule has 0 radical (unpaired) electrons. The minimum atomic E-state index is -0.262. The molecule has 2 N–H and O–H groups in total. The van der Waals surface area contributed by atoms with Crippen molar-refractivity contribution in [3.8, 4) is 11.5 Å². The number of nitrogens with one attached hydrogen (secondary N) is 2. The van der Waals surface area contributed by atoms with Crippen LogP contribution in [0.15, 0.2) is 36.5 Å². The van der Waals surface area contributed by atoms with Gasteiger partial charge in [-0.05, 0) is 44.2 Å². The molecule has 1 aromatic carbocycles. The van der Waals surface area contributed by atoms with Crippen LogP contribution in [0.3, 0.4) is 0 Å². The van der Waals surface area contributed by atoms with Crippen molar-refractivity contribution in [1.29, 1.82) is 0 Å². The van der Waals surface area contributed by atoms with Crippen molar-refractivity contribution in [2.45, 2.75) is 19.9 Å². The number of hydrogen-bond acceptors (Lipinski definition) is 6. The standard InChI is InChI=1S/C17H22N4O3/c1-12(2)20-17-19-9-8-15(21-17)16(22)18-10-11-24-14-6-4-13(23-3)5-7-14/h4-9,12H,10-11H2,1-3H3,(H,18,22)(H,19,20,21). The van der Waals surface area contributed by atoms with Gasteiger partial charge in [0.2, 0.25) is 5.95 Å². The Bertz CT molecular complexity index is 659. The largest absolute Gasteiger partial charge is 0.497 e. The van der Waals surface area contributed by atoms with Crippen LogP contribution in [0.1, 0.15) is 24.3 Å². The van der Waals surface area contributed by atoms with E-state index in [9.17, 15) is 4.79 Å². The highest BCUT2D eigenvalue weighted by Crippen LogP contribution is 2.16. The SMILES string of the molecule is COc1ccc(OCCNC(=O)c2ccnc(NC(C)C)n2)cc1. The molecule has 0 saturated heterocycles. The molecule has 0 fully saturated rings. The van der Waals surface area contributed by atoms with E-state index in [1.807, 2.05) is 38.1 Å². The Kier molecular flexibility index (Phi) is 6.36. The number of rotatable bonds is 8. The molecule has 0 spiro atoms. The molecule has 1 aromatic heterocycles. The Morgan fingerprint density at radius 1 is 1.17 bits per heavy atom. The summed E-state index contributed by atoms with van der Waals surface area (Å²) in [6.07, 6.45) is 1.56. The van der Waals surface area contributed by atoms with E-state index in [4.69, 9.17) is 9.47 Å². The van der Waals surface area contributed by atoms with Crippen LogP contribution >= 0.6 is 0 Å². The average molecular weight is 330 g/mol. The van der Waals surface area contributed by atoms with Crippen molar-refractivity contribution in [3.05, 3.63) is 42.2 Å². The molecule has 0 atom stereocenters. The number of amides is 1. The first-order chi connectivity index (χ1) is 11.6. The van der Waals surface area contributed by atoms with Gasteiger partial charge in [-0.25, -0.2) is 9.97 Å². The van der Waals surface area contributed by atoms with Crippen LogP contribution in [0, 0.1) is 0 Å². The van der Waals surface area contributed by atoms with Crippen molar-refractivity contribution in [2.75, 3.05) is 25.6 Å². The molecule has 0 unspecified atom stereocenters. The molecule has 1 amide bonds. The first kappa shape index (κ1) is 17.5. The maximum atomic E-state index is 12.1. The normalized spacial score (nSPS) is 10.3. The van der Waals surface area contributed by atoms with Gasteiger partial charge in [-0.15, -0.1) is 0 Å². The van der Waals surface area contributed by atoms with E-state index in [0.29, 0.717) is 24.8 Å². The highest BCUT2D eigenvalue weighted by atomic mass is 16.5. The van der Waals surface area contributed by atoms with E-state index in [0.717, 1.165) is 11.5 Å². The van der Waals surface area contributed by atoms with Crippen LogP contribution in [0.25, 0.3) is 0 Å². The van der Waals surface area contributed by atoms with Crippen LogP contribution in [-0.4, -0.2) is 42.2 Å². The highest BCUT2D eigenvalue weighted by molar-refractivity contribution is 5.92. The second-order valence-electron chi connectivity index (χ2n) is 5.34. The Morgan fingerprint density at radius 3 is 2.54 bits per heavy atom. The van der Waals surface area contributed by atoms with Gasteiger partial charge in [-0.2, -0.15) is 0 Å². The fourth-order valence-electron chi connectivity index (χ4n) is 1.91. The number of carbonyl (C=O) groups is 1. The fraction of sp³-hybridized carbons (Fsp3) is 0.353. The van der Waals surface area contributed by atoms with E-state index in [2.05, 4.69) is 20.6 Å². The third-order valence-corrected chi connectivity index (χ3v) is 3.02. The smallest absolute Gasteiger partial charge is 0.270 e. The van der Waals surface area contributed by atoms with Crippen LogP contribution < -0.4 is 20.1 Å². The number of anilines is 1. The van der Waals surface area contributed by atoms with Gasteiger partial charge in [0.15, 0.2) is 0 Å². The lowest BCUT2D eigenvalue weighted by Gasteiger charge is -2.10. The van der Waals surface area contributed by atoms with Crippen molar-refractivity contribution in [2.24, 2.45) is 0 Å². The van der Waals surface area contributed by atoms with Crippen molar-refractivity contribution in [1.82, 2.24) is 15.3 Å². The summed E-state index contributed by atoms with van der Waals surface area (Å²) in [6.45, 7) is 4.70. The molecule has 0 aliphatic carbocycles. The van der Waals surface area contributed by atoms with E-state index < -0.39 is 0 Å². The molecule has 1 heterocycles. The van der Waals surface area contributed by atoms with Crippen LogP contribution in [0.2, 0.25) is 0 Å². The predicted molar refractivity (Wildman–Crippen MR) is 91.6 cm³/mol. The first-order valence-corrected chi connectivity index (χ1v) is 7.73. The third kappa shape index (κ3) is 5.42. The Hall–Kier alpha value is -2.83. The van der Waals surface area contributed by atoms with Crippen molar-refractivity contribution in [3.63, 3.8) is 0 Å². The quantitative estimate of drug-likeness (QED) is 0.721. The summed E-state index contributed by atoms with van der Waals surface area (Å²) >= 11 is 0. The lowest BCUT2D eigenvalue weighted by atomic mass is 10.3. The van der Waals surface area contributed by atoms with Crippen LogP contribution in [0.5, 0.6) is 11.5 Å². The van der Waals surface area contributed by atoms with Gasteiger partial charge < -0.3 is 20.1 Å². The van der Waals surface area contributed by atoms with Gasteiger partial charge in [0.05, 0.1) is 13.7 Å². The molecule has 0 saturated carbocycles. The number of carbonyl (C=O) groups excluding carboxylic acids is 1. The van der Waals surface area contributed by atoms with E-state index in [-0.39, 0.29) is 11.9 Å². The summed E-state index contributed by atoms with van der Waals surface area (Å²) in [5.41, 5.74) is 0.317. The zero-order valence-electron chi connectivity index (χ0n) is 14.1. The van der Waals surface area contributed by atoms with Gasteiger partial charge in [-0.1, -0.05) is 0 Å². The summed E-state index contributed by atoms with van der Waals surface area (Å²) in [5.74, 6) is 1.66. The molecule has 0 aliphatic heterocycles. The maximum Gasteiger partial charge on any atom is 0.270 e. The molecular weight excluding hydrogens is 308 g/mol. The molecule has 2 rings (SSSR count). The zero-order valence-corrected chi connectivity index (χ0v) is 14.1. The van der Waals surface area contributed by atoms with Gasteiger partial charge in [-0.3, -0.25) is 4.79 Å². The second kappa shape index (κ2) is 8.71. The molecule has 7 heteroatoms. The topological polar surface area (TPSA) is 85.4 Å². The van der Waals surface area contributed by atoms with E-state index in [1.54, 1.807) is 19.4 Å². The molecular formula is C17H22N4O3. The second-order valence-corrected chi connectivity index (χ2v) is 5.34. The predicted octanol–water partition coefficient (Wildman–Crippen LogP) is 2.11. The van der Waals surface area contributed by atoms with E-state index in [1.165, 1.54) is 0 Å². The number of methoxy groups -OCH3 is 1. The Balaban J connectivity index is 1.78. The summed E-state index contributed by atoms with van der Waals surface area (Å²) in [6, 6.07) is 9.03. The summed E-state index contributed by atoms with van der Waals surface area (Å²) < 4.78 is 10.6. The average Bonchev–Trinajstić information content (AvgIpc) is 2.58. The molecule has 128 valence electrons. The third-order valence-electron chi connectivity index (χ3n) is 3.02. The number of ether oxygens (including phenoxy) is 2. The van der Waals surface area contributed by atoms with Crippen molar-refractivity contribution >= 4 is 11.9 Å². The maximum absolute atomic E-state index is 12.1. The lowest BCUT2D eigenvalue weighted by Crippen LogP contribution is -2.29. The monoisotopic (exact) mass is 330 g/mol. The van der Waals surface area contributed by atoms with Gasteiger partial charge in [0.1, 0.15) is 23.8 Å². The zero-order chi connectivity index (χ0) is 17.4. The minimum Gasteiger partial charge on any atom is -0.497 e. The molecule has 7 nitrogen and oxygen atoms in total. The molecule has 0 bridgehead atoms. The first-order valence-electron chi connectivity index (χ1n) is 7.73. The lowest BCUT2D eigenvalue weighted by molar-refractivity contribution is 0.0942. The molecule has 0 aliphatic rings. The number of benzene rings is 1. The fourth-order valence-corrected chi connectivity index (χ4v) is 1.91. The Labute approximate surface area is 141 Å². The molecule has 2 aromatic rings. The minimum absolute atomic E-state index is 0.196. The van der Waals surface area contributed by atoms with Gasteiger partial charge in [0, 0.05) is 12.2 Å². The number of nitrogens with zero attached hydrogens (tertiary/aromatic N) is 2. The van der Waals surface area contributed by atoms with Gasteiger partial charge >= 0.3 is 0 Å². The number of hydrogen-bond donors (Lipinski definition) is 2. The summed E-state index contributed by atoms with van der Waals surface area (Å²) in [5, 5.41) is 5.83. The summed E-state index contributed by atoms with van der Waals surface area (Å²) in [7, 11) is 1.61. The van der Waals surface area contributed by atoms with Crippen molar-refractivity contribution < 1.29 is 14.3 Å².